The zero-order valence-corrected chi connectivity index (χ0v) is 12.5. The Bertz CT molecular complexity index is 872. The van der Waals surface area contributed by atoms with Crippen LogP contribution >= 0.6 is 0 Å². The van der Waals surface area contributed by atoms with Gasteiger partial charge < -0.3 is 0 Å². The number of hydrogen-bond acceptors (Lipinski definition) is 3. The number of anilines is 1. The fourth-order valence-electron chi connectivity index (χ4n) is 2.61. The minimum Gasteiger partial charge on any atom is -0.283 e. The van der Waals surface area contributed by atoms with Crippen LogP contribution in [0.1, 0.15) is 12.6 Å². The van der Waals surface area contributed by atoms with Gasteiger partial charge in [-0.2, -0.15) is 0 Å². The summed E-state index contributed by atoms with van der Waals surface area (Å²) in [6, 6.07) is 9.08. The summed E-state index contributed by atoms with van der Waals surface area (Å²) in [5.74, 6) is -0.926. The molecule has 6 heteroatoms. The van der Waals surface area contributed by atoms with E-state index in [1.54, 1.807) is 37.7 Å². The van der Waals surface area contributed by atoms with Crippen LogP contribution in [0.15, 0.2) is 46.8 Å². The van der Waals surface area contributed by atoms with Crippen molar-refractivity contribution in [3.8, 4) is 5.69 Å². The third-order valence-electron chi connectivity index (χ3n) is 3.85. The van der Waals surface area contributed by atoms with Crippen LogP contribution in [0.25, 0.3) is 5.69 Å². The first-order chi connectivity index (χ1) is 10.4. The molecule has 0 fully saturated rings. The molecule has 2 amide bonds. The molecule has 1 aliphatic heterocycles. The van der Waals surface area contributed by atoms with Gasteiger partial charge in [0.05, 0.1) is 11.4 Å². The largest absolute Gasteiger partial charge is 0.296 e. The van der Waals surface area contributed by atoms with Gasteiger partial charge in [0, 0.05) is 18.7 Å². The molecular weight excluding hydrogens is 282 g/mol. The summed E-state index contributed by atoms with van der Waals surface area (Å²) in [6.45, 7) is 3.28. The maximum absolute atomic E-state index is 12.8. The molecule has 112 valence electrons. The topological polar surface area (TPSA) is 64.3 Å². The van der Waals surface area contributed by atoms with Crippen LogP contribution in [-0.2, 0) is 16.6 Å². The number of hydrogen-bond donors (Lipinski definition) is 0. The van der Waals surface area contributed by atoms with E-state index in [9.17, 15) is 14.4 Å². The zero-order valence-electron chi connectivity index (χ0n) is 12.5. The maximum Gasteiger partial charge on any atom is 0.296 e. The van der Waals surface area contributed by atoms with Crippen molar-refractivity contribution in [3.05, 3.63) is 58.0 Å². The molecule has 6 nitrogen and oxygen atoms in total. The summed E-state index contributed by atoms with van der Waals surface area (Å²) in [4.78, 5) is 37.9. The van der Waals surface area contributed by atoms with E-state index in [1.807, 2.05) is 18.2 Å². The summed E-state index contributed by atoms with van der Waals surface area (Å²) >= 11 is 0. The van der Waals surface area contributed by atoms with Crippen LogP contribution in [-0.4, -0.2) is 21.2 Å². The Morgan fingerprint density at radius 2 is 1.59 bits per heavy atom. The smallest absolute Gasteiger partial charge is 0.283 e. The highest BCUT2D eigenvalue weighted by Gasteiger charge is 2.35. The molecule has 22 heavy (non-hydrogen) atoms. The molecule has 0 spiro atoms. The Hall–Kier alpha value is -2.89. The lowest BCUT2D eigenvalue weighted by Crippen LogP contribution is -2.35. The van der Waals surface area contributed by atoms with Crippen molar-refractivity contribution in [2.45, 2.75) is 13.8 Å². The summed E-state index contributed by atoms with van der Waals surface area (Å²) in [5.41, 5.74) is 1.27. The molecule has 0 N–H and O–H groups in total. The van der Waals surface area contributed by atoms with Crippen molar-refractivity contribution in [2.24, 2.45) is 7.05 Å². The quantitative estimate of drug-likeness (QED) is 0.785. The molecule has 1 aliphatic rings. The molecule has 0 unspecified atom stereocenters. The number of carbonyl (C=O) groups excluding carboxylic acids is 2. The minimum atomic E-state index is -0.478. The van der Waals surface area contributed by atoms with E-state index in [1.165, 1.54) is 10.8 Å². The molecule has 0 aliphatic carbocycles. The Morgan fingerprint density at radius 3 is 2.14 bits per heavy atom. The second kappa shape index (κ2) is 4.84. The summed E-state index contributed by atoms with van der Waals surface area (Å²) in [7, 11) is 1.72. The number of amides is 2. The highest BCUT2D eigenvalue weighted by molar-refractivity contribution is 6.30. The molecule has 2 heterocycles. The second-order valence-electron chi connectivity index (χ2n) is 5.22. The SMILES string of the molecule is CC1=CC(=O)N(c2c(C)n(C)n(-c3ccccc3)c2=O)C1=O. The number of rotatable bonds is 2. The fraction of sp³-hybridized carbons (Fsp3) is 0.188. The number of para-hydroxylation sites is 1. The maximum atomic E-state index is 12.8. The first-order valence-corrected chi connectivity index (χ1v) is 6.84. The van der Waals surface area contributed by atoms with Crippen molar-refractivity contribution in [3.63, 3.8) is 0 Å². The monoisotopic (exact) mass is 297 g/mol. The van der Waals surface area contributed by atoms with Crippen LogP contribution in [0, 0.1) is 6.92 Å². The van der Waals surface area contributed by atoms with Crippen molar-refractivity contribution in [2.75, 3.05) is 4.90 Å². The van der Waals surface area contributed by atoms with Gasteiger partial charge in [-0.1, -0.05) is 18.2 Å². The number of benzene rings is 1. The van der Waals surface area contributed by atoms with E-state index in [2.05, 4.69) is 0 Å². The Morgan fingerprint density at radius 1 is 0.955 bits per heavy atom. The van der Waals surface area contributed by atoms with E-state index in [-0.39, 0.29) is 5.69 Å². The average Bonchev–Trinajstić information content (AvgIpc) is 2.86. The summed E-state index contributed by atoms with van der Waals surface area (Å²) in [6.07, 6.45) is 1.25. The van der Waals surface area contributed by atoms with Gasteiger partial charge in [-0.25, -0.2) is 9.58 Å². The van der Waals surface area contributed by atoms with Gasteiger partial charge in [-0.05, 0) is 26.0 Å². The van der Waals surface area contributed by atoms with Gasteiger partial charge >= 0.3 is 0 Å². The second-order valence-corrected chi connectivity index (χ2v) is 5.22. The van der Waals surface area contributed by atoms with Crippen LogP contribution < -0.4 is 10.5 Å². The summed E-state index contributed by atoms with van der Waals surface area (Å²) in [5, 5.41) is 0. The van der Waals surface area contributed by atoms with E-state index >= 15 is 0 Å². The molecule has 3 rings (SSSR count). The molecule has 0 bridgehead atoms. The Kier molecular flexibility index (Phi) is 3.09. The van der Waals surface area contributed by atoms with Gasteiger partial charge in [0.15, 0.2) is 0 Å². The minimum absolute atomic E-state index is 0.106. The van der Waals surface area contributed by atoms with Crippen molar-refractivity contribution >= 4 is 17.5 Å². The van der Waals surface area contributed by atoms with Crippen LogP contribution in [0.3, 0.4) is 0 Å². The zero-order chi connectivity index (χ0) is 16.0. The molecule has 0 radical (unpaired) electrons. The number of aromatic nitrogens is 2. The number of carbonyl (C=O) groups is 2. The van der Waals surface area contributed by atoms with E-state index in [0.29, 0.717) is 17.0 Å². The standard InChI is InChI=1S/C16H15N3O3/c1-10-9-13(20)18(15(10)21)14-11(2)17(3)19(16(14)22)12-7-5-4-6-8-12/h4-9H,1-3H3. The predicted octanol–water partition coefficient (Wildman–Crippen LogP) is 1.30. The fourth-order valence-corrected chi connectivity index (χ4v) is 2.61. The first kappa shape index (κ1) is 14.1. The van der Waals surface area contributed by atoms with Crippen molar-refractivity contribution < 1.29 is 9.59 Å². The highest BCUT2D eigenvalue weighted by atomic mass is 16.2. The van der Waals surface area contributed by atoms with Crippen LogP contribution in [0.2, 0.25) is 0 Å². The lowest BCUT2D eigenvalue weighted by atomic mass is 10.3. The lowest BCUT2D eigenvalue weighted by Gasteiger charge is -2.12. The van der Waals surface area contributed by atoms with Gasteiger partial charge in [0.2, 0.25) is 0 Å². The van der Waals surface area contributed by atoms with Crippen molar-refractivity contribution in [1.29, 1.82) is 0 Å². The Balaban J connectivity index is 2.23. The van der Waals surface area contributed by atoms with Gasteiger partial charge in [-0.3, -0.25) is 19.1 Å². The van der Waals surface area contributed by atoms with Gasteiger partial charge in [-0.15, -0.1) is 0 Å². The van der Waals surface area contributed by atoms with Gasteiger partial charge in [0.1, 0.15) is 5.69 Å². The third kappa shape index (κ3) is 1.84. The molecule has 0 atom stereocenters. The third-order valence-corrected chi connectivity index (χ3v) is 3.85. The average molecular weight is 297 g/mol. The molecule has 1 aromatic carbocycles. The molecular formula is C16H15N3O3. The van der Waals surface area contributed by atoms with E-state index < -0.39 is 17.4 Å². The predicted molar refractivity (Wildman–Crippen MR) is 82.0 cm³/mol. The van der Waals surface area contributed by atoms with E-state index in [4.69, 9.17) is 0 Å². The molecule has 1 aromatic heterocycles. The van der Waals surface area contributed by atoms with Crippen molar-refractivity contribution in [1.82, 2.24) is 9.36 Å². The molecule has 0 saturated carbocycles. The number of imide groups is 1. The molecule has 0 saturated heterocycles. The lowest BCUT2D eigenvalue weighted by molar-refractivity contribution is -0.120. The van der Waals surface area contributed by atoms with Crippen LogP contribution in [0.5, 0.6) is 0 Å². The highest BCUT2D eigenvalue weighted by Crippen LogP contribution is 2.23. The number of nitrogens with zero attached hydrogens (tertiary/aromatic N) is 3. The normalized spacial score (nSPS) is 14.7. The van der Waals surface area contributed by atoms with E-state index in [0.717, 1.165) is 4.90 Å². The summed E-state index contributed by atoms with van der Waals surface area (Å²) < 4.78 is 3.08. The Labute approximate surface area is 126 Å². The van der Waals surface area contributed by atoms with Gasteiger partial charge in [0.25, 0.3) is 17.4 Å². The molecule has 2 aromatic rings. The first-order valence-electron chi connectivity index (χ1n) is 6.84. The van der Waals surface area contributed by atoms with Crippen LogP contribution in [0.4, 0.5) is 5.69 Å².